The predicted octanol–water partition coefficient (Wildman–Crippen LogP) is 3.34. The summed E-state index contributed by atoms with van der Waals surface area (Å²) in [5, 5.41) is 3.30. The molecule has 4 heteroatoms. The van der Waals surface area contributed by atoms with Crippen LogP contribution in [0.4, 0.5) is 8.78 Å². The Morgan fingerprint density at radius 2 is 2.00 bits per heavy atom. The highest BCUT2D eigenvalue weighted by atomic mass is 32.1. The lowest BCUT2D eigenvalue weighted by molar-refractivity contribution is 0.509. The molecule has 0 atom stereocenters. The van der Waals surface area contributed by atoms with Gasteiger partial charge in [0.05, 0.1) is 0 Å². The van der Waals surface area contributed by atoms with Gasteiger partial charge in [0.2, 0.25) is 0 Å². The molecule has 0 amide bonds. The maximum atomic E-state index is 13.2. The Labute approximate surface area is 102 Å². The summed E-state index contributed by atoms with van der Waals surface area (Å²) in [6.45, 7) is 1.87. The van der Waals surface area contributed by atoms with Gasteiger partial charge in [-0.05, 0) is 42.3 Å². The summed E-state index contributed by atoms with van der Waals surface area (Å²) in [7, 11) is 0. The molecule has 2 heterocycles. The van der Waals surface area contributed by atoms with E-state index in [2.05, 4.69) is 11.4 Å². The summed E-state index contributed by atoms with van der Waals surface area (Å²) >= 11 is 1.65. The Hall–Kier alpha value is -1.26. The number of rotatable bonds is 1. The third kappa shape index (κ3) is 1.98. The van der Waals surface area contributed by atoms with E-state index >= 15 is 0 Å². The van der Waals surface area contributed by atoms with Crippen molar-refractivity contribution in [2.75, 3.05) is 6.54 Å². The highest BCUT2D eigenvalue weighted by Gasteiger charge is 2.14. The number of thiophene rings is 1. The minimum Gasteiger partial charge on any atom is -0.312 e. The van der Waals surface area contributed by atoms with Crippen molar-refractivity contribution in [3.63, 3.8) is 0 Å². The van der Waals surface area contributed by atoms with Gasteiger partial charge in [-0.15, -0.1) is 11.3 Å². The Morgan fingerprint density at radius 3 is 2.76 bits per heavy atom. The van der Waals surface area contributed by atoms with Crippen LogP contribution in [0.3, 0.4) is 0 Å². The molecule has 0 spiro atoms. The van der Waals surface area contributed by atoms with E-state index in [4.69, 9.17) is 0 Å². The van der Waals surface area contributed by atoms with Gasteiger partial charge in [0.25, 0.3) is 0 Å². The van der Waals surface area contributed by atoms with Crippen LogP contribution < -0.4 is 5.32 Å². The average Bonchev–Trinajstić information content (AvgIpc) is 2.76. The van der Waals surface area contributed by atoms with Crippen molar-refractivity contribution in [1.82, 2.24) is 5.32 Å². The fourth-order valence-electron chi connectivity index (χ4n) is 2.04. The van der Waals surface area contributed by atoms with Crippen LogP contribution in [0.25, 0.3) is 10.4 Å². The van der Waals surface area contributed by atoms with E-state index in [1.807, 2.05) is 0 Å². The summed E-state index contributed by atoms with van der Waals surface area (Å²) in [5.41, 5.74) is 2.08. The molecule has 3 rings (SSSR count). The molecule has 1 aromatic heterocycles. The second-order valence-electron chi connectivity index (χ2n) is 4.11. The zero-order valence-corrected chi connectivity index (χ0v) is 9.91. The van der Waals surface area contributed by atoms with Gasteiger partial charge in [-0.2, -0.15) is 0 Å². The van der Waals surface area contributed by atoms with Crippen LogP contribution in [0, 0.1) is 11.6 Å². The number of hydrogen-bond donors (Lipinski definition) is 1. The van der Waals surface area contributed by atoms with Crippen LogP contribution in [-0.4, -0.2) is 6.54 Å². The summed E-state index contributed by atoms with van der Waals surface area (Å²) in [4.78, 5) is 2.31. The molecule has 0 saturated heterocycles. The molecule has 0 saturated carbocycles. The van der Waals surface area contributed by atoms with Gasteiger partial charge >= 0.3 is 0 Å². The van der Waals surface area contributed by atoms with Crippen LogP contribution in [0.15, 0.2) is 24.3 Å². The Bertz CT molecular complexity index is 539. The lowest BCUT2D eigenvalue weighted by atomic mass is 10.1. The first-order valence-corrected chi connectivity index (χ1v) is 6.33. The topological polar surface area (TPSA) is 12.0 Å². The lowest BCUT2D eigenvalue weighted by Crippen LogP contribution is -2.21. The molecule has 0 bridgehead atoms. The molecule has 1 aromatic carbocycles. The zero-order chi connectivity index (χ0) is 11.8. The summed E-state index contributed by atoms with van der Waals surface area (Å²) < 4.78 is 26.0. The molecular formula is C13H11F2NS. The second-order valence-corrected chi connectivity index (χ2v) is 5.25. The minimum atomic E-state index is -0.795. The molecular weight excluding hydrogens is 240 g/mol. The van der Waals surface area contributed by atoms with Crippen molar-refractivity contribution >= 4 is 11.3 Å². The van der Waals surface area contributed by atoms with Gasteiger partial charge < -0.3 is 5.32 Å². The van der Waals surface area contributed by atoms with E-state index in [0.29, 0.717) is 0 Å². The van der Waals surface area contributed by atoms with E-state index in [-0.39, 0.29) is 0 Å². The monoisotopic (exact) mass is 251 g/mol. The van der Waals surface area contributed by atoms with Gasteiger partial charge in [-0.3, -0.25) is 0 Å². The van der Waals surface area contributed by atoms with E-state index in [1.54, 1.807) is 17.4 Å². The van der Waals surface area contributed by atoms with Crippen molar-refractivity contribution < 1.29 is 8.78 Å². The van der Waals surface area contributed by atoms with E-state index in [9.17, 15) is 8.78 Å². The number of hydrogen-bond acceptors (Lipinski definition) is 2. The molecule has 1 aliphatic heterocycles. The largest absolute Gasteiger partial charge is 0.312 e. The third-order valence-electron chi connectivity index (χ3n) is 2.96. The van der Waals surface area contributed by atoms with Gasteiger partial charge in [-0.1, -0.05) is 6.07 Å². The molecule has 88 valence electrons. The summed E-state index contributed by atoms with van der Waals surface area (Å²) in [6, 6.07) is 6.16. The maximum Gasteiger partial charge on any atom is 0.159 e. The lowest BCUT2D eigenvalue weighted by Gasteiger charge is -2.10. The molecule has 0 unspecified atom stereocenters. The molecule has 0 fully saturated rings. The van der Waals surface area contributed by atoms with E-state index < -0.39 is 11.6 Å². The number of benzene rings is 1. The fraction of sp³-hybridized carbons (Fsp3) is 0.231. The number of halogens is 2. The van der Waals surface area contributed by atoms with Gasteiger partial charge in [-0.25, -0.2) is 8.78 Å². The Balaban J connectivity index is 2.03. The van der Waals surface area contributed by atoms with E-state index in [0.717, 1.165) is 30.0 Å². The Morgan fingerprint density at radius 1 is 1.12 bits per heavy atom. The van der Waals surface area contributed by atoms with Crippen LogP contribution in [-0.2, 0) is 13.0 Å². The van der Waals surface area contributed by atoms with Crippen molar-refractivity contribution in [2.45, 2.75) is 13.0 Å². The molecule has 1 nitrogen and oxygen atoms in total. The quantitative estimate of drug-likeness (QED) is 0.819. The first kappa shape index (κ1) is 10.9. The molecule has 0 aliphatic carbocycles. The van der Waals surface area contributed by atoms with Gasteiger partial charge in [0, 0.05) is 16.3 Å². The van der Waals surface area contributed by atoms with Crippen LogP contribution in [0.5, 0.6) is 0 Å². The van der Waals surface area contributed by atoms with Crippen molar-refractivity contribution in [3.8, 4) is 10.4 Å². The zero-order valence-electron chi connectivity index (χ0n) is 9.09. The number of fused-ring (bicyclic) bond motifs is 1. The third-order valence-corrected chi connectivity index (χ3v) is 4.18. The van der Waals surface area contributed by atoms with Crippen LogP contribution >= 0.6 is 11.3 Å². The van der Waals surface area contributed by atoms with Crippen molar-refractivity contribution in [2.24, 2.45) is 0 Å². The van der Waals surface area contributed by atoms with Crippen molar-refractivity contribution in [3.05, 3.63) is 46.3 Å². The molecule has 2 aromatic rings. The summed E-state index contributed by atoms with van der Waals surface area (Å²) in [5.74, 6) is -1.58. The average molecular weight is 251 g/mol. The Kier molecular flexibility index (Phi) is 2.68. The normalized spacial score (nSPS) is 14.7. The number of nitrogens with one attached hydrogen (secondary N) is 1. The first-order valence-electron chi connectivity index (χ1n) is 5.52. The fourth-order valence-corrected chi connectivity index (χ4v) is 3.22. The first-order chi connectivity index (χ1) is 8.24. The van der Waals surface area contributed by atoms with Crippen molar-refractivity contribution in [1.29, 1.82) is 0 Å². The highest BCUT2D eigenvalue weighted by Crippen LogP contribution is 2.33. The molecule has 1 aliphatic rings. The maximum absolute atomic E-state index is 13.2. The van der Waals surface area contributed by atoms with Crippen LogP contribution in [0.2, 0.25) is 0 Å². The van der Waals surface area contributed by atoms with E-state index in [1.165, 1.54) is 22.6 Å². The molecule has 0 radical (unpaired) electrons. The SMILES string of the molecule is Fc1ccc(-c2cc3c(s2)CNCC3)cc1F. The van der Waals surface area contributed by atoms with Crippen LogP contribution in [0.1, 0.15) is 10.4 Å². The standard InChI is InChI=1S/C13H11F2NS/c14-10-2-1-8(5-11(10)15)12-6-9-3-4-16-7-13(9)17-12/h1-2,5-6,16H,3-4,7H2. The van der Waals surface area contributed by atoms with Gasteiger partial charge in [0.1, 0.15) is 0 Å². The summed E-state index contributed by atoms with van der Waals surface area (Å²) in [6.07, 6.45) is 1.01. The molecule has 17 heavy (non-hydrogen) atoms. The van der Waals surface area contributed by atoms with Gasteiger partial charge in [0.15, 0.2) is 11.6 Å². The minimum absolute atomic E-state index is 0.753. The second kappa shape index (κ2) is 4.20. The molecule has 1 N–H and O–H groups in total. The predicted molar refractivity (Wildman–Crippen MR) is 65.1 cm³/mol. The highest BCUT2D eigenvalue weighted by molar-refractivity contribution is 7.15. The smallest absolute Gasteiger partial charge is 0.159 e.